The zero-order chi connectivity index (χ0) is 15.3. The van der Waals surface area contributed by atoms with Crippen molar-refractivity contribution in [2.75, 3.05) is 13.1 Å². The predicted octanol–water partition coefficient (Wildman–Crippen LogP) is 2.12. The molecular weight excluding hydrogens is 284 g/mol. The highest BCUT2D eigenvalue weighted by atomic mass is 16.5. The standard InChI is InChI=1S/C16H20N2O4/c19-15(12-7-11(12)9-1-2-9)18-5-3-10(4-6-18)13-8-14(16(20)21)22-17-13/h8-12H,1-7H2,(H,20,21)/t11-,12+/m0/s1. The van der Waals surface area contributed by atoms with Crippen molar-refractivity contribution in [3.8, 4) is 0 Å². The summed E-state index contributed by atoms with van der Waals surface area (Å²) in [5.74, 6) is 1.11. The number of hydrogen-bond acceptors (Lipinski definition) is 4. The fraction of sp³-hybridized carbons (Fsp3) is 0.688. The van der Waals surface area contributed by atoms with Gasteiger partial charge in [-0.1, -0.05) is 5.16 Å². The van der Waals surface area contributed by atoms with Crippen LogP contribution in [0.15, 0.2) is 10.6 Å². The van der Waals surface area contributed by atoms with Crippen molar-refractivity contribution < 1.29 is 19.2 Å². The van der Waals surface area contributed by atoms with E-state index in [-0.39, 0.29) is 17.6 Å². The quantitative estimate of drug-likeness (QED) is 0.921. The van der Waals surface area contributed by atoms with Crippen molar-refractivity contribution in [3.05, 3.63) is 17.5 Å². The van der Waals surface area contributed by atoms with Crippen molar-refractivity contribution in [2.24, 2.45) is 17.8 Å². The lowest BCUT2D eigenvalue weighted by Gasteiger charge is -2.31. The van der Waals surface area contributed by atoms with E-state index in [4.69, 9.17) is 9.63 Å². The highest BCUT2D eigenvalue weighted by molar-refractivity contribution is 5.84. The molecular formula is C16H20N2O4. The zero-order valence-corrected chi connectivity index (χ0v) is 12.4. The highest BCUT2D eigenvalue weighted by Crippen LogP contribution is 2.55. The van der Waals surface area contributed by atoms with Gasteiger partial charge in [-0.2, -0.15) is 0 Å². The first-order valence-corrected chi connectivity index (χ1v) is 8.12. The predicted molar refractivity (Wildman–Crippen MR) is 76.3 cm³/mol. The molecule has 2 heterocycles. The number of carbonyl (C=O) groups excluding carboxylic acids is 1. The van der Waals surface area contributed by atoms with Crippen LogP contribution < -0.4 is 0 Å². The van der Waals surface area contributed by atoms with Crippen LogP contribution in [0, 0.1) is 17.8 Å². The lowest BCUT2D eigenvalue weighted by atomic mass is 9.93. The van der Waals surface area contributed by atoms with E-state index >= 15 is 0 Å². The number of rotatable bonds is 4. The van der Waals surface area contributed by atoms with Gasteiger partial charge >= 0.3 is 5.97 Å². The summed E-state index contributed by atoms with van der Waals surface area (Å²) >= 11 is 0. The average molecular weight is 304 g/mol. The second kappa shape index (κ2) is 5.11. The molecule has 2 saturated carbocycles. The van der Waals surface area contributed by atoms with Crippen LogP contribution in [0.2, 0.25) is 0 Å². The van der Waals surface area contributed by atoms with Crippen LogP contribution in [0.5, 0.6) is 0 Å². The number of nitrogens with zero attached hydrogens (tertiary/aromatic N) is 2. The lowest BCUT2D eigenvalue weighted by molar-refractivity contribution is -0.134. The number of amides is 1. The molecule has 4 rings (SSSR count). The van der Waals surface area contributed by atoms with Crippen molar-refractivity contribution in [3.63, 3.8) is 0 Å². The number of likely N-dealkylation sites (tertiary alicyclic amines) is 1. The zero-order valence-electron chi connectivity index (χ0n) is 12.4. The summed E-state index contributed by atoms with van der Waals surface area (Å²) in [6.07, 6.45) is 5.38. The van der Waals surface area contributed by atoms with Crippen molar-refractivity contribution in [1.29, 1.82) is 0 Å². The molecule has 1 N–H and O–H groups in total. The number of carboxylic acids is 1. The van der Waals surface area contributed by atoms with E-state index in [1.165, 1.54) is 18.9 Å². The molecule has 1 aromatic heterocycles. The monoisotopic (exact) mass is 304 g/mol. The number of piperidine rings is 1. The van der Waals surface area contributed by atoms with Crippen LogP contribution in [0.1, 0.15) is 54.3 Å². The lowest BCUT2D eigenvalue weighted by Crippen LogP contribution is -2.39. The molecule has 22 heavy (non-hydrogen) atoms. The van der Waals surface area contributed by atoms with Crippen molar-refractivity contribution in [2.45, 2.75) is 38.0 Å². The molecule has 1 amide bonds. The maximum atomic E-state index is 12.5. The molecule has 0 spiro atoms. The topological polar surface area (TPSA) is 83.6 Å². The number of aromatic nitrogens is 1. The van der Waals surface area contributed by atoms with Gasteiger partial charge in [0, 0.05) is 31.0 Å². The molecule has 1 aromatic rings. The van der Waals surface area contributed by atoms with Crippen LogP contribution in [-0.4, -0.2) is 40.1 Å². The molecule has 0 unspecified atom stereocenters. The number of carboxylic acid groups (broad SMARTS) is 1. The molecule has 0 aromatic carbocycles. The Bertz CT molecular complexity index is 599. The minimum absolute atomic E-state index is 0.112. The van der Waals surface area contributed by atoms with Gasteiger partial charge in [0.05, 0.1) is 5.69 Å². The Balaban J connectivity index is 1.32. The van der Waals surface area contributed by atoms with Gasteiger partial charge in [-0.25, -0.2) is 4.79 Å². The van der Waals surface area contributed by atoms with Crippen molar-refractivity contribution in [1.82, 2.24) is 10.1 Å². The van der Waals surface area contributed by atoms with Gasteiger partial charge in [-0.05, 0) is 43.9 Å². The molecule has 3 aliphatic rings. The summed E-state index contributed by atoms with van der Waals surface area (Å²) in [6.45, 7) is 1.49. The molecule has 0 radical (unpaired) electrons. The maximum absolute atomic E-state index is 12.5. The number of carbonyl (C=O) groups is 2. The Morgan fingerprint density at radius 2 is 1.95 bits per heavy atom. The molecule has 118 valence electrons. The van der Waals surface area contributed by atoms with Crippen LogP contribution in [0.4, 0.5) is 0 Å². The average Bonchev–Trinajstić information content (AvgIpc) is 3.42. The van der Waals surface area contributed by atoms with Crippen LogP contribution in [0.3, 0.4) is 0 Å². The molecule has 3 fully saturated rings. The smallest absolute Gasteiger partial charge is 0.374 e. The largest absolute Gasteiger partial charge is 0.475 e. The molecule has 1 saturated heterocycles. The molecule has 6 heteroatoms. The molecule has 2 aliphatic carbocycles. The molecule has 6 nitrogen and oxygen atoms in total. The minimum Gasteiger partial charge on any atom is -0.475 e. The summed E-state index contributed by atoms with van der Waals surface area (Å²) in [7, 11) is 0. The van der Waals surface area contributed by atoms with Gasteiger partial charge in [0.25, 0.3) is 0 Å². The fourth-order valence-electron chi connectivity index (χ4n) is 3.76. The van der Waals surface area contributed by atoms with Gasteiger partial charge in [0.2, 0.25) is 11.7 Å². The first-order valence-electron chi connectivity index (χ1n) is 8.12. The Morgan fingerprint density at radius 3 is 2.55 bits per heavy atom. The summed E-state index contributed by atoms with van der Waals surface area (Å²) < 4.78 is 4.82. The number of aromatic carboxylic acids is 1. The first-order chi connectivity index (χ1) is 10.6. The molecule has 2 atom stereocenters. The van der Waals surface area contributed by atoms with E-state index < -0.39 is 5.97 Å². The second-order valence-corrected chi connectivity index (χ2v) is 6.86. The fourth-order valence-corrected chi connectivity index (χ4v) is 3.76. The van der Waals surface area contributed by atoms with Crippen LogP contribution >= 0.6 is 0 Å². The van der Waals surface area contributed by atoms with E-state index in [2.05, 4.69) is 5.16 Å². The molecule has 1 aliphatic heterocycles. The summed E-state index contributed by atoms with van der Waals surface area (Å²) in [5, 5.41) is 12.7. The van der Waals surface area contributed by atoms with Gasteiger partial charge in [0.15, 0.2) is 0 Å². The van der Waals surface area contributed by atoms with Gasteiger partial charge in [-0.3, -0.25) is 4.79 Å². The van der Waals surface area contributed by atoms with Gasteiger partial charge < -0.3 is 14.5 Å². The Kier molecular flexibility index (Phi) is 3.20. The normalized spacial score (nSPS) is 28.6. The summed E-state index contributed by atoms with van der Waals surface area (Å²) in [5.41, 5.74) is 0.701. The third-order valence-corrected chi connectivity index (χ3v) is 5.35. The van der Waals surface area contributed by atoms with Crippen LogP contribution in [-0.2, 0) is 4.79 Å². The minimum atomic E-state index is -1.09. The Hall–Kier alpha value is -1.85. The van der Waals surface area contributed by atoms with E-state index in [1.807, 2.05) is 4.90 Å². The highest BCUT2D eigenvalue weighted by Gasteiger charge is 2.52. The Labute approximate surface area is 128 Å². The first kappa shape index (κ1) is 13.8. The Morgan fingerprint density at radius 1 is 1.23 bits per heavy atom. The van der Waals surface area contributed by atoms with Crippen molar-refractivity contribution >= 4 is 11.9 Å². The SMILES string of the molecule is O=C(O)c1cc(C2CCN(C(=O)[C@@H]3C[C@H]3C3CC3)CC2)no1. The third kappa shape index (κ3) is 2.51. The van der Waals surface area contributed by atoms with Crippen LogP contribution in [0.25, 0.3) is 0 Å². The summed E-state index contributed by atoms with van der Waals surface area (Å²) in [6, 6.07) is 1.51. The third-order valence-electron chi connectivity index (χ3n) is 5.35. The summed E-state index contributed by atoms with van der Waals surface area (Å²) in [4.78, 5) is 25.3. The second-order valence-electron chi connectivity index (χ2n) is 6.86. The maximum Gasteiger partial charge on any atom is 0.374 e. The van der Waals surface area contributed by atoms with E-state index in [0.29, 0.717) is 17.5 Å². The van der Waals surface area contributed by atoms with E-state index in [0.717, 1.165) is 38.3 Å². The van der Waals surface area contributed by atoms with E-state index in [1.54, 1.807) is 0 Å². The van der Waals surface area contributed by atoms with Gasteiger partial charge in [-0.15, -0.1) is 0 Å². The number of hydrogen-bond donors (Lipinski definition) is 1. The van der Waals surface area contributed by atoms with Gasteiger partial charge in [0.1, 0.15) is 0 Å². The molecule has 0 bridgehead atoms. The van der Waals surface area contributed by atoms with E-state index in [9.17, 15) is 9.59 Å².